The van der Waals surface area contributed by atoms with Crippen LogP contribution < -0.4 is 0 Å². The van der Waals surface area contributed by atoms with Gasteiger partial charge in [-0.15, -0.1) is 0 Å². The summed E-state index contributed by atoms with van der Waals surface area (Å²) in [5.41, 5.74) is 2.37. The molecule has 0 atom stereocenters. The van der Waals surface area contributed by atoms with Gasteiger partial charge in [0.25, 0.3) is 0 Å². The Morgan fingerprint density at radius 3 is 2.47 bits per heavy atom. The molecule has 0 radical (unpaired) electrons. The maximum Gasteiger partial charge on any atom is 0.178 e. The van der Waals surface area contributed by atoms with Gasteiger partial charge < -0.3 is 0 Å². The third kappa shape index (κ3) is 3.24. The number of carbonyl (C=O) groups excluding carboxylic acids is 1. The first kappa shape index (κ1) is 14.3. The molecule has 19 heavy (non-hydrogen) atoms. The number of sulfone groups is 1. The molecule has 0 amide bonds. The molecule has 104 valence electrons. The molecule has 0 N–H and O–H groups in total. The second-order valence-electron chi connectivity index (χ2n) is 5.46. The molecule has 0 aliphatic heterocycles. The minimum Gasteiger partial charge on any atom is -0.293 e. The quantitative estimate of drug-likeness (QED) is 0.797. The van der Waals surface area contributed by atoms with Crippen molar-refractivity contribution in [1.29, 1.82) is 0 Å². The summed E-state index contributed by atoms with van der Waals surface area (Å²) < 4.78 is 24.4. The third-order valence-corrected chi connectivity index (χ3v) is 5.99. The first-order chi connectivity index (χ1) is 8.90. The molecule has 0 bridgehead atoms. The molecular weight excluding hydrogens is 260 g/mol. The molecule has 0 spiro atoms. The molecule has 1 aromatic rings. The van der Waals surface area contributed by atoms with E-state index in [1.54, 1.807) is 6.07 Å². The maximum atomic E-state index is 12.2. The van der Waals surface area contributed by atoms with Crippen molar-refractivity contribution in [2.45, 2.75) is 44.8 Å². The molecule has 1 fully saturated rings. The molecule has 2 rings (SSSR count). The van der Waals surface area contributed by atoms with Crippen LogP contribution in [0.25, 0.3) is 0 Å². The fraction of sp³-hybridized carbons (Fsp3) is 0.533. The largest absolute Gasteiger partial charge is 0.293 e. The zero-order valence-corrected chi connectivity index (χ0v) is 12.3. The average Bonchev–Trinajstić information content (AvgIpc) is 2.86. The minimum atomic E-state index is -3.29. The first-order valence-electron chi connectivity index (χ1n) is 6.72. The van der Waals surface area contributed by atoms with Crippen LogP contribution in [0.1, 0.15) is 47.2 Å². The van der Waals surface area contributed by atoms with Gasteiger partial charge in [-0.1, -0.05) is 30.5 Å². The van der Waals surface area contributed by atoms with E-state index in [-0.39, 0.29) is 16.8 Å². The Hall–Kier alpha value is -1.16. The molecule has 4 heteroatoms. The van der Waals surface area contributed by atoms with Gasteiger partial charge in [-0.05, 0) is 38.3 Å². The smallest absolute Gasteiger partial charge is 0.178 e. The predicted molar refractivity (Wildman–Crippen MR) is 76.3 cm³/mol. The summed E-state index contributed by atoms with van der Waals surface area (Å²) in [6.07, 6.45) is 3.34. The Labute approximate surface area is 114 Å². The second kappa shape index (κ2) is 5.45. The Morgan fingerprint density at radius 1 is 1.21 bits per heavy atom. The standard InChI is InChI=1S/C15H20O3S/c1-11-7-8-12(2)14(9-11)15(16)10-19(17,18)13-5-3-4-6-13/h7-9,13H,3-6,10H2,1-2H3. The topological polar surface area (TPSA) is 51.2 Å². The van der Waals surface area contributed by atoms with Crippen LogP contribution in [0.2, 0.25) is 0 Å². The number of ketones is 1. The lowest BCUT2D eigenvalue weighted by molar-refractivity contribution is 0.102. The lowest BCUT2D eigenvalue weighted by atomic mass is 10.0. The molecule has 1 aliphatic carbocycles. The molecule has 1 aliphatic rings. The van der Waals surface area contributed by atoms with Gasteiger partial charge in [0.2, 0.25) is 0 Å². The van der Waals surface area contributed by atoms with Crippen LogP contribution in [0, 0.1) is 13.8 Å². The van der Waals surface area contributed by atoms with E-state index in [0.717, 1.165) is 24.0 Å². The summed E-state index contributed by atoms with van der Waals surface area (Å²) in [4.78, 5) is 12.2. The zero-order valence-electron chi connectivity index (χ0n) is 11.5. The van der Waals surface area contributed by atoms with E-state index < -0.39 is 9.84 Å². The van der Waals surface area contributed by atoms with E-state index in [1.807, 2.05) is 26.0 Å². The van der Waals surface area contributed by atoms with Crippen LogP contribution in [0.4, 0.5) is 0 Å². The van der Waals surface area contributed by atoms with Crippen LogP contribution in [0.3, 0.4) is 0 Å². The minimum absolute atomic E-state index is 0.270. The molecule has 0 aromatic heterocycles. The van der Waals surface area contributed by atoms with E-state index in [9.17, 15) is 13.2 Å². The van der Waals surface area contributed by atoms with E-state index >= 15 is 0 Å². The summed E-state index contributed by atoms with van der Waals surface area (Å²) in [5.74, 6) is -0.616. The maximum absolute atomic E-state index is 12.2. The fourth-order valence-electron chi connectivity index (χ4n) is 2.66. The van der Waals surface area contributed by atoms with Gasteiger partial charge in [-0.25, -0.2) is 8.42 Å². The van der Waals surface area contributed by atoms with Gasteiger partial charge in [-0.2, -0.15) is 0 Å². The Balaban J connectivity index is 2.19. The molecule has 1 aromatic carbocycles. The number of carbonyl (C=O) groups is 1. The van der Waals surface area contributed by atoms with Gasteiger partial charge in [0.1, 0.15) is 5.75 Å². The van der Waals surface area contributed by atoms with E-state index in [0.29, 0.717) is 18.4 Å². The lowest BCUT2D eigenvalue weighted by Gasteiger charge is -2.11. The molecule has 0 unspecified atom stereocenters. The third-order valence-electron chi connectivity index (χ3n) is 3.84. The van der Waals surface area contributed by atoms with Crippen molar-refractivity contribution >= 4 is 15.6 Å². The average molecular weight is 280 g/mol. The number of hydrogen-bond donors (Lipinski definition) is 0. The van der Waals surface area contributed by atoms with Gasteiger partial charge >= 0.3 is 0 Å². The number of rotatable bonds is 4. The molecular formula is C15H20O3S. The highest BCUT2D eigenvalue weighted by atomic mass is 32.2. The van der Waals surface area contributed by atoms with Crippen LogP contribution in [0.5, 0.6) is 0 Å². The highest BCUT2D eigenvalue weighted by molar-refractivity contribution is 7.92. The van der Waals surface area contributed by atoms with E-state index in [1.165, 1.54) is 0 Å². The molecule has 3 nitrogen and oxygen atoms in total. The van der Waals surface area contributed by atoms with Crippen LogP contribution in [-0.4, -0.2) is 25.2 Å². The number of benzene rings is 1. The van der Waals surface area contributed by atoms with E-state index in [2.05, 4.69) is 0 Å². The van der Waals surface area contributed by atoms with Crippen molar-refractivity contribution in [2.24, 2.45) is 0 Å². The van der Waals surface area contributed by atoms with Crippen LogP contribution >= 0.6 is 0 Å². The van der Waals surface area contributed by atoms with Crippen molar-refractivity contribution < 1.29 is 13.2 Å². The van der Waals surface area contributed by atoms with Crippen molar-refractivity contribution in [1.82, 2.24) is 0 Å². The number of Topliss-reactive ketones (excluding diaryl/α,β-unsaturated/α-hetero) is 1. The summed E-state index contributed by atoms with van der Waals surface area (Å²) in [7, 11) is -3.29. The van der Waals surface area contributed by atoms with Crippen molar-refractivity contribution in [2.75, 3.05) is 5.75 Å². The van der Waals surface area contributed by atoms with Crippen LogP contribution in [0.15, 0.2) is 18.2 Å². The van der Waals surface area contributed by atoms with Crippen LogP contribution in [-0.2, 0) is 9.84 Å². The Morgan fingerprint density at radius 2 is 1.84 bits per heavy atom. The summed E-state index contributed by atoms with van der Waals surface area (Å²) in [6.45, 7) is 3.75. The predicted octanol–water partition coefficient (Wildman–Crippen LogP) is 2.84. The molecule has 0 heterocycles. The number of hydrogen-bond acceptors (Lipinski definition) is 3. The SMILES string of the molecule is Cc1ccc(C)c(C(=O)CS(=O)(=O)C2CCCC2)c1. The lowest BCUT2D eigenvalue weighted by Crippen LogP contribution is -2.26. The summed E-state index contributed by atoms with van der Waals surface area (Å²) in [6, 6.07) is 5.57. The van der Waals surface area contributed by atoms with Gasteiger partial charge in [0.15, 0.2) is 15.6 Å². The molecule has 1 saturated carbocycles. The highest BCUT2D eigenvalue weighted by Crippen LogP contribution is 2.26. The Kier molecular flexibility index (Phi) is 4.09. The summed E-state index contributed by atoms with van der Waals surface area (Å²) >= 11 is 0. The first-order valence-corrected chi connectivity index (χ1v) is 8.44. The zero-order chi connectivity index (χ0) is 14.0. The number of aryl methyl sites for hydroxylation is 2. The van der Waals surface area contributed by atoms with E-state index in [4.69, 9.17) is 0 Å². The monoisotopic (exact) mass is 280 g/mol. The molecule has 0 saturated heterocycles. The summed E-state index contributed by atoms with van der Waals surface area (Å²) in [5, 5.41) is -0.304. The van der Waals surface area contributed by atoms with Gasteiger partial charge in [-0.3, -0.25) is 4.79 Å². The van der Waals surface area contributed by atoms with Crippen molar-refractivity contribution in [3.05, 3.63) is 34.9 Å². The van der Waals surface area contributed by atoms with Gasteiger partial charge in [0, 0.05) is 5.56 Å². The highest BCUT2D eigenvalue weighted by Gasteiger charge is 2.31. The fourth-order valence-corrected chi connectivity index (χ4v) is 4.47. The van der Waals surface area contributed by atoms with Crippen molar-refractivity contribution in [3.63, 3.8) is 0 Å². The normalized spacial score (nSPS) is 16.7. The second-order valence-corrected chi connectivity index (χ2v) is 7.74. The van der Waals surface area contributed by atoms with Crippen molar-refractivity contribution in [3.8, 4) is 0 Å². The van der Waals surface area contributed by atoms with Gasteiger partial charge in [0.05, 0.1) is 5.25 Å². The Bertz CT molecular complexity index is 581.